The Hall–Kier alpha value is -12.1. The van der Waals surface area contributed by atoms with E-state index in [1.54, 1.807) is 64.1 Å². The number of nitrogens with two attached hydrogens (primary N) is 2. The van der Waals surface area contributed by atoms with E-state index in [4.69, 9.17) is 11.5 Å². The largest absolute Gasteiger partial charge is 0.384 e. The van der Waals surface area contributed by atoms with E-state index in [0.717, 1.165) is 20.9 Å². The summed E-state index contributed by atoms with van der Waals surface area (Å²) < 4.78 is 0. The number of carbonyl (C=O) groups excluding carboxylic acids is 14. The van der Waals surface area contributed by atoms with Crippen molar-refractivity contribution >= 4 is 129 Å². The predicted molar refractivity (Wildman–Crippen MR) is 370 cm³/mol. The lowest BCUT2D eigenvalue weighted by Gasteiger charge is -2.28. The van der Waals surface area contributed by atoms with Gasteiger partial charge in [-0.05, 0) is 155 Å². The van der Waals surface area contributed by atoms with Gasteiger partial charge in [-0.1, -0.05) is 18.2 Å². The van der Waals surface area contributed by atoms with E-state index in [1.165, 1.54) is 12.1 Å². The highest BCUT2D eigenvalue weighted by Gasteiger charge is 2.49. The number of hydrogen-bond donors (Lipinski definition) is 12. The number of aryl methyl sites for hydroxylation is 4. The fourth-order valence-corrected chi connectivity index (χ4v) is 13.8. The van der Waals surface area contributed by atoms with Gasteiger partial charge < -0.3 is 58.2 Å². The van der Waals surface area contributed by atoms with Crippen LogP contribution in [0.2, 0.25) is 0 Å². The molecule has 0 radical (unpaired) electrons. The van der Waals surface area contributed by atoms with Crippen molar-refractivity contribution in [3.63, 3.8) is 0 Å². The van der Waals surface area contributed by atoms with Crippen LogP contribution in [0.1, 0.15) is 163 Å². The normalized spacial score (nSPS) is 17.7. The van der Waals surface area contributed by atoms with Crippen LogP contribution in [0.5, 0.6) is 0 Å². The topological polar surface area (TPSA) is 429 Å². The predicted octanol–water partition coefficient (Wildman–Crippen LogP) is 3.87. The number of imide groups is 4. The van der Waals surface area contributed by atoms with Crippen LogP contribution in [0, 0.1) is 27.7 Å². The average molecular weight is 1370 g/mol. The summed E-state index contributed by atoms with van der Waals surface area (Å²) in [4.78, 5) is 197. The Bertz CT molecular complexity index is 4750. The molecule has 2 unspecified atom stereocenters. The number of primary amides is 2. The molecule has 12 rings (SSSR count). The van der Waals surface area contributed by atoms with Gasteiger partial charge in [-0.15, -0.1) is 0 Å². The number of hydrogen-bond acceptors (Lipinski definition) is 17. The second-order valence-electron chi connectivity index (χ2n) is 25.8. The van der Waals surface area contributed by atoms with E-state index in [-0.39, 0.29) is 134 Å². The summed E-state index contributed by atoms with van der Waals surface area (Å²) >= 11 is 0. The summed E-state index contributed by atoms with van der Waals surface area (Å²) in [6, 6.07) is 14.1. The number of aromatic nitrogens is 2. The van der Waals surface area contributed by atoms with Crippen molar-refractivity contribution in [1.82, 2.24) is 45.9 Å². The number of aromatic amines is 2. The lowest BCUT2D eigenvalue weighted by Crippen LogP contribution is -2.54. The molecular weight excluding hydrogens is 1300 g/mol. The van der Waals surface area contributed by atoms with Crippen LogP contribution in [-0.4, -0.2) is 166 Å². The molecule has 8 heterocycles. The van der Waals surface area contributed by atoms with Crippen molar-refractivity contribution in [2.45, 2.75) is 97.6 Å². The first-order valence-corrected chi connectivity index (χ1v) is 33.1. The van der Waals surface area contributed by atoms with Crippen molar-refractivity contribution < 1.29 is 67.1 Å². The molecule has 14 amide bonds. The molecule has 6 aliphatic heterocycles. The van der Waals surface area contributed by atoms with Crippen molar-refractivity contribution in [3.05, 3.63) is 150 Å². The van der Waals surface area contributed by atoms with E-state index >= 15 is 4.79 Å². The number of likely N-dealkylation sites (N-methyl/N-ethyl adjacent to an activating group) is 1. The molecule has 520 valence electrons. The van der Waals surface area contributed by atoms with Gasteiger partial charge in [0.1, 0.15) is 12.1 Å². The van der Waals surface area contributed by atoms with Crippen LogP contribution in [-0.2, 0) is 51.2 Å². The first kappa shape index (κ1) is 68.8. The number of carbonyl (C=O) groups is 14. The minimum absolute atomic E-state index is 0.0751. The summed E-state index contributed by atoms with van der Waals surface area (Å²) in [6.07, 6.45) is 4.07. The zero-order chi connectivity index (χ0) is 72.0. The standard InChI is InChI=1S/C72H73N15O14/c1-33-49(31-43-41-27-37(9-17-54(73)88)7-12-46(41)81-63(43)92)79-35(3)58(33)67(96)77-22-6-21-75-51-30-39(29-45-60(51)70(99)86(69(45)98)52-15-19-56(90)83-65(52)94)40-11-14-48(62-61(40)71(100)87(72(62)101)53-16-20-57(91)84-66(53)95)76-23-25-85(5)26-24-78-68(97)59-34(2)50(80-36(59)4)32-44-42-28-38(10-18-55(74)89)8-13-47(42)82-64(44)93/h7-8,11-14,27-32,52-53,75-76,79-80H,6,9-10,15-26H2,1-5H3,(H2,73,88)(H2,74,89)(H,77,96)(H,78,97)(H,81,92)(H,82,93)(H,83,90,94)(H,84,91,95)/b43-31-,44-32-. The molecule has 2 saturated heterocycles. The third-order valence-electron chi connectivity index (χ3n) is 19.0. The van der Waals surface area contributed by atoms with Gasteiger partial charge in [-0.25, -0.2) is 0 Å². The van der Waals surface area contributed by atoms with Gasteiger partial charge in [0.25, 0.3) is 47.3 Å². The van der Waals surface area contributed by atoms with Crippen LogP contribution >= 0.6 is 0 Å². The molecule has 4 aromatic carbocycles. The molecule has 0 spiro atoms. The summed E-state index contributed by atoms with van der Waals surface area (Å²) in [5, 5.41) is 22.5. The third kappa shape index (κ3) is 13.5. The number of nitrogens with zero attached hydrogens (tertiary/aromatic N) is 3. The second kappa shape index (κ2) is 28.0. The van der Waals surface area contributed by atoms with E-state index in [0.29, 0.717) is 105 Å². The van der Waals surface area contributed by atoms with Crippen LogP contribution in [0.25, 0.3) is 34.4 Å². The van der Waals surface area contributed by atoms with Crippen molar-refractivity contribution in [1.29, 1.82) is 0 Å². The van der Waals surface area contributed by atoms with Gasteiger partial charge in [-0.2, -0.15) is 0 Å². The van der Waals surface area contributed by atoms with Crippen molar-refractivity contribution in [2.24, 2.45) is 11.5 Å². The van der Waals surface area contributed by atoms with Crippen LogP contribution in [0.4, 0.5) is 22.7 Å². The summed E-state index contributed by atoms with van der Waals surface area (Å²) in [5.41, 5.74) is 19.8. The smallest absolute Gasteiger partial charge is 0.264 e. The number of piperidine rings is 2. The molecule has 6 aromatic rings. The van der Waals surface area contributed by atoms with Gasteiger partial charge in [0.2, 0.25) is 35.4 Å². The number of benzene rings is 4. The SMILES string of the molecule is Cc1[nH]c(/C=C2\C(=O)Nc3ccc(CCC(N)=O)cc32)c(C)c1C(=O)NCCCNc1cc(-c2ccc(NCCN(C)CCNC(=O)c3c(C)[nH]c(/C=C4\C(=O)Nc5ccc(CCC(N)=O)cc54)c3C)c3c2C(=O)N(C2CCC(=O)NC2=O)C3=O)cc2c1C(=O)N(C1CCC(=O)NC1=O)C2=O. The monoisotopic (exact) mass is 1370 g/mol. The van der Waals surface area contributed by atoms with Crippen LogP contribution < -0.4 is 54.0 Å². The van der Waals surface area contributed by atoms with Gasteiger partial charge in [-0.3, -0.25) is 87.6 Å². The number of anilines is 4. The van der Waals surface area contributed by atoms with Gasteiger partial charge in [0, 0.05) is 122 Å². The van der Waals surface area contributed by atoms with Gasteiger partial charge in [0.05, 0.1) is 44.5 Å². The van der Waals surface area contributed by atoms with Crippen LogP contribution in [0.3, 0.4) is 0 Å². The summed E-state index contributed by atoms with van der Waals surface area (Å²) in [5.74, 6) is -8.61. The minimum Gasteiger partial charge on any atom is -0.384 e. The van der Waals surface area contributed by atoms with E-state index in [1.807, 2.05) is 36.2 Å². The van der Waals surface area contributed by atoms with Gasteiger partial charge in [0.15, 0.2) is 0 Å². The highest BCUT2D eigenvalue weighted by molar-refractivity contribution is 6.36. The highest BCUT2D eigenvalue weighted by Crippen LogP contribution is 2.44. The Balaban J connectivity index is 0.758. The number of rotatable bonds is 25. The summed E-state index contributed by atoms with van der Waals surface area (Å²) in [6.45, 7) is 8.28. The lowest BCUT2D eigenvalue weighted by molar-refractivity contribution is -0.137. The quantitative estimate of drug-likeness (QED) is 0.0220. The first-order valence-electron chi connectivity index (χ1n) is 33.1. The van der Waals surface area contributed by atoms with E-state index in [9.17, 15) is 62.3 Å². The molecule has 6 aliphatic rings. The van der Waals surface area contributed by atoms with Crippen molar-refractivity contribution in [3.8, 4) is 11.1 Å². The molecular formula is C72H73N15O14. The number of fused-ring (bicyclic) bond motifs is 4. The molecule has 2 atom stereocenters. The fourth-order valence-electron chi connectivity index (χ4n) is 13.8. The number of nitrogens with one attached hydrogen (secondary N) is 10. The molecule has 29 heteroatoms. The maximum atomic E-state index is 15.0. The van der Waals surface area contributed by atoms with Crippen molar-refractivity contribution in [2.75, 3.05) is 67.6 Å². The molecule has 2 aromatic heterocycles. The third-order valence-corrected chi connectivity index (χ3v) is 19.0. The van der Waals surface area contributed by atoms with Crippen LogP contribution in [0.15, 0.2) is 60.7 Å². The highest BCUT2D eigenvalue weighted by atomic mass is 16.2. The first-order chi connectivity index (χ1) is 48.3. The Morgan fingerprint density at radius 1 is 0.525 bits per heavy atom. The molecule has 0 bridgehead atoms. The Kier molecular flexibility index (Phi) is 19.1. The van der Waals surface area contributed by atoms with E-state index < -0.39 is 77.1 Å². The second-order valence-corrected chi connectivity index (χ2v) is 25.8. The maximum Gasteiger partial charge on any atom is 0.264 e. The molecule has 0 aliphatic carbocycles. The Morgan fingerprint density at radius 3 is 1.53 bits per heavy atom. The zero-order valence-electron chi connectivity index (χ0n) is 55.9. The molecule has 0 saturated carbocycles. The number of H-pyrrole nitrogens is 2. The Labute approximate surface area is 577 Å². The lowest BCUT2D eigenvalue weighted by atomic mass is 9.92. The number of amides is 14. The molecule has 101 heavy (non-hydrogen) atoms. The molecule has 2 fully saturated rings. The minimum atomic E-state index is -1.37. The average Bonchev–Trinajstić information content (AvgIpc) is 1.58. The molecule has 29 nitrogen and oxygen atoms in total. The Morgan fingerprint density at radius 2 is 1.01 bits per heavy atom. The van der Waals surface area contributed by atoms with Gasteiger partial charge >= 0.3 is 0 Å². The maximum absolute atomic E-state index is 15.0. The van der Waals surface area contributed by atoms with E-state index in [2.05, 4.69) is 52.5 Å². The fraction of sp³-hybridized carbons (Fsp3) is 0.306. The zero-order valence-corrected chi connectivity index (χ0v) is 55.9. The summed E-state index contributed by atoms with van der Waals surface area (Å²) in [7, 11) is 1.82. The molecule has 14 N–H and O–H groups in total.